The van der Waals surface area contributed by atoms with Crippen molar-refractivity contribution in [2.24, 2.45) is 17.6 Å². The first-order chi connectivity index (χ1) is 5.61. The Labute approximate surface area is 72.9 Å². The SMILES string of the molecule is CC1CCC(C(N)C(=O)O)CC1. The fraction of sp³-hybridized carbons (Fsp3) is 0.889. The van der Waals surface area contributed by atoms with Crippen LogP contribution in [0.4, 0.5) is 0 Å². The van der Waals surface area contributed by atoms with Gasteiger partial charge in [-0.2, -0.15) is 0 Å². The van der Waals surface area contributed by atoms with E-state index in [-0.39, 0.29) is 5.92 Å². The van der Waals surface area contributed by atoms with Gasteiger partial charge >= 0.3 is 5.97 Å². The Kier molecular flexibility index (Phi) is 3.09. The molecule has 0 heterocycles. The molecule has 1 rings (SSSR count). The smallest absolute Gasteiger partial charge is 0.320 e. The number of carboxylic acids is 1. The van der Waals surface area contributed by atoms with Gasteiger partial charge in [0.25, 0.3) is 0 Å². The first kappa shape index (κ1) is 9.52. The van der Waals surface area contributed by atoms with Crippen LogP contribution in [0.3, 0.4) is 0 Å². The van der Waals surface area contributed by atoms with Crippen LogP contribution in [0.1, 0.15) is 32.6 Å². The second-order valence-electron chi connectivity index (χ2n) is 3.88. The van der Waals surface area contributed by atoms with Gasteiger partial charge in [-0.25, -0.2) is 0 Å². The van der Waals surface area contributed by atoms with Crippen molar-refractivity contribution in [1.29, 1.82) is 0 Å². The van der Waals surface area contributed by atoms with E-state index in [9.17, 15) is 4.79 Å². The molecule has 1 aliphatic rings. The van der Waals surface area contributed by atoms with Gasteiger partial charge < -0.3 is 10.8 Å². The summed E-state index contributed by atoms with van der Waals surface area (Å²) in [5.41, 5.74) is 5.54. The highest BCUT2D eigenvalue weighted by Crippen LogP contribution is 2.29. The van der Waals surface area contributed by atoms with E-state index >= 15 is 0 Å². The highest BCUT2D eigenvalue weighted by molar-refractivity contribution is 5.73. The van der Waals surface area contributed by atoms with Gasteiger partial charge in [-0.3, -0.25) is 4.79 Å². The topological polar surface area (TPSA) is 63.3 Å². The standard InChI is InChI=1S/C9H17NO2/c1-6-2-4-7(5-3-6)8(10)9(11)12/h6-8H,2-5,10H2,1H3,(H,11,12). The molecule has 1 fully saturated rings. The van der Waals surface area contributed by atoms with Crippen molar-refractivity contribution in [3.05, 3.63) is 0 Å². The van der Waals surface area contributed by atoms with Gasteiger partial charge in [0.05, 0.1) is 0 Å². The molecule has 0 aromatic heterocycles. The molecular formula is C9H17NO2. The lowest BCUT2D eigenvalue weighted by molar-refractivity contribution is -0.140. The maximum Gasteiger partial charge on any atom is 0.320 e. The Bertz CT molecular complexity index is 162. The van der Waals surface area contributed by atoms with Crippen LogP contribution < -0.4 is 5.73 Å². The summed E-state index contributed by atoms with van der Waals surface area (Å²) in [4.78, 5) is 10.6. The monoisotopic (exact) mass is 171 g/mol. The Balaban J connectivity index is 2.39. The van der Waals surface area contributed by atoms with E-state index in [0.717, 1.165) is 31.6 Å². The van der Waals surface area contributed by atoms with Crippen LogP contribution in [-0.2, 0) is 4.79 Å². The summed E-state index contributed by atoms with van der Waals surface area (Å²) < 4.78 is 0. The van der Waals surface area contributed by atoms with Crippen LogP contribution in [0.2, 0.25) is 0 Å². The molecule has 0 aromatic carbocycles. The average Bonchev–Trinajstić information content (AvgIpc) is 2.04. The minimum absolute atomic E-state index is 0.207. The fourth-order valence-electron chi connectivity index (χ4n) is 1.85. The molecule has 1 unspecified atom stereocenters. The van der Waals surface area contributed by atoms with E-state index in [1.54, 1.807) is 0 Å². The molecule has 0 radical (unpaired) electrons. The predicted molar refractivity (Wildman–Crippen MR) is 46.7 cm³/mol. The van der Waals surface area contributed by atoms with Gasteiger partial charge in [-0.05, 0) is 24.7 Å². The lowest BCUT2D eigenvalue weighted by Gasteiger charge is -2.28. The average molecular weight is 171 g/mol. The minimum atomic E-state index is -0.852. The molecule has 0 spiro atoms. The lowest BCUT2D eigenvalue weighted by atomic mass is 9.79. The zero-order valence-corrected chi connectivity index (χ0v) is 7.49. The van der Waals surface area contributed by atoms with Crippen molar-refractivity contribution in [3.8, 4) is 0 Å². The summed E-state index contributed by atoms with van der Waals surface area (Å²) in [6, 6.07) is -0.641. The molecule has 0 bridgehead atoms. The van der Waals surface area contributed by atoms with Gasteiger partial charge in [0.15, 0.2) is 0 Å². The highest BCUT2D eigenvalue weighted by atomic mass is 16.4. The third-order valence-corrected chi connectivity index (χ3v) is 2.85. The summed E-state index contributed by atoms with van der Waals surface area (Å²) in [6.45, 7) is 2.21. The molecule has 0 aromatic rings. The molecule has 12 heavy (non-hydrogen) atoms. The van der Waals surface area contributed by atoms with E-state index in [0.29, 0.717) is 0 Å². The number of hydrogen-bond acceptors (Lipinski definition) is 2. The summed E-state index contributed by atoms with van der Waals surface area (Å²) in [5.74, 6) is 0.107. The molecule has 3 heteroatoms. The molecule has 1 atom stereocenters. The Morgan fingerprint density at radius 2 is 1.92 bits per heavy atom. The molecule has 0 saturated heterocycles. The third-order valence-electron chi connectivity index (χ3n) is 2.85. The van der Waals surface area contributed by atoms with E-state index in [1.807, 2.05) is 0 Å². The maximum atomic E-state index is 10.6. The Hall–Kier alpha value is -0.570. The second kappa shape index (κ2) is 3.90. The van der Waals surface area contributed by atoms with E-state index in [1.165, 1.54) is 0 Å². The molecule has 0 amide bonds. The van der Waals surface area contributed by atoms with Gasteiger partial charge in [0.1, 0.15) is 6.04 Å². The molecular weight excluding hydrogens is 154 g/mol. The number of hydrogen-bond donors (Lipinski definition) is 2. The second-order valence-corrected chi connectivity index (χ2v) is 3.88. The van der Waals surface area contributed by atoms with E-state index in [2.05, 4.69) is 6.92 Å². The maximum absolute atomic E-state index is 10.6. The van der Waals surface area contributed by atoms with Gasteiger partial charge in [-0.1, -0.05) is 19.8 Å². The number of carbonyl (C=O) groups is 1. The number of aliphatic carboxylic acids is 1. The van der Waals surface area contributed by atoms with Gasteiger partial charge in [0, 0.05) is 0 Å². The molecule has 1 saturated carbocycles. The fourth-order valence-corrected chi connectivity index (χ4v) is 1.85. The van der Waals surface area contributed by atoms with Crippen molar-refractivity contribution in [2.45, 2.75) is 38.6 Å². The van der Waals surface area contributed by atoms with E-state index < -0.39 is 12.0 Å². The van der Waals surface area contributed by atoms with Crippen LogP contribution in [0.15, 0.2) is 0 Å². The van der Waals surface area contributed by atoms with E-state index in [4.69, 9.17) is 10.8 Å². The lowest BCUT2D eigenvalue weighted by Crippen LogP contribution is -2.39. The van der Waals surface area contributed by atoms with Crippen molar-refractivity contribution >= 4 is 5.97 Å². The largest absolute Gasteiger partial charge is 0.480 e. The zero-order valence-electron chi connectivity index (χ0n) is 7.49. The third kappa shape index (κ3) is 2.21. The molecule has 70 valence electrons. The Morgan fingerprint density at radius 3 is 2.33 bits per heavy atom. The molecule has 3 nitrogen and oxygen atoms in total. The van der Waals surface area contributed by atoms with Crippen LogP contribution in [-0.4, -0.2) is 17.1 Å². The molecule has 1 aliphatic carbocycles. The molecule has 3 N–H and O–H groups in total. The zero-order chi connectivity index (χ0) is 9.14. The van der Waals surface area contributed by atoms with Crippen LogP contribution >= 0.6 is 0 Å². The number of rotatable bonds is 2. The van der Waals surface area contributed by atoms with Gasteiger partial charge in [0.2, 0.25) is 0 Å². The van der Waals surface area contributed by atoms with Crippen LogP contribution in [0.25, 0.3) is 0 Å². The van der Waals surface area contributed by atoms with Crippen molar-refractivity contribution in [2.75, 3.05) is 0 Å². The van der Waals surface area contributed by atoms with Gasteiger partial charge in [-0.15, -0.1) is 0 Å². The van der Waals surface area contributed by atoms with Crippen molar-refractivity contribution in [3.63, 3.8) is 0 Å². The highest BCUT2D eigenvalue weighted by Gasteiger charge is 2.27. The summed E-state index contributed by atoms with van der Waals surface area (Å²) in [5, 5.41) is 8.68. The number of carboxylic acid groups (broad SMARTS) is 1. The molecule has 0 aliphatic heterocycles. The van der Waals surface area contributed by atoms with Crippen LogP contribution in [0.5, 0.6) is 0 Å². The normalized spacial score (nSPS) is 32.8. The summed E-state index contributed by atoms with van der Waals surface area (Å²) in [6.07, 6.45) is 4.22. The summed E-state index contributed by atoms with van der Waals surface area (Å²) >= 11 is 0. The van der Waals surface area contributed by atoms with Crippen LogP contribution in [0, 0.1) is 11.8 Å². The van der Waals surface area contributed by atoms with Crippen molar-refractivity contribution in [1.82, 2.24) is 0 Å². The number of nitrogens with two attached hydrogens (primary N) is 1. The predicted octanol–water partition coefficient (Wildman–Crippen LogP) is 1.22. The van der Waals surface area contributed by atoms with Crippen molar-refractivity contribution < 1.29 is 9.90 Å². The quantitative estimate of drug-likeness (QED) is 0.656. The first-order valence-corrected chi connectivity index (χ1v) is 4.59. The summed E-state index contributed by atoms with van der Waals surface area (Å²) in [7, 11) is 0. The Morgan fingerprint density at radius 1 is 1.42 bits per heavy atom. The minimum Gasteiger partial charge on any atom is -0.480 e. The first-order valence-electron chi connectivity index (χ1n) is 4.59.